The molecule has 1 aliphatic heterocycles. The van der Waals surface area contributed by atoms with Gasteiger partial charge in [0, 0.05) is 24.0 Å². The van der Waals surface area contributed by atoms with Crippen LogP contribution in [0.2, 0.25) is 0 Å². The lowest BCUT2D eigenvalue weighted by atomic mass is 9.60. The summed E-state index contributed by atoms with van der Waals surface area (Å²) < 4.78 is 11.6. The highest BCUT2D eigenvalue weighted by atomic mass is 16.7. The van der Waals surface area contributed by atoms with E-state index in [4.69, 9.17) is 9.47 Å². The highest BCUT2D eigenvalue weighted by Gasteiger charge is 2.46. The van der Waals surface area contributed by atoms with E-state index in [1.807, 2.05) is 25.3 Å². The van der Waals surface area contributed by atoms with Crippen LogP contribution in [0.5, 0.6) is 0 Å². The van der Waals surface area contributed by atoms with Crippen molar-refractivity contribution in [2.45, 2.75) is 39.9 Å². The first-order chi connectivity index (χ1) is 12.1. The molecule has 3 heteroatoms. The lowest BCUT2D eigenvalue weighted by Gasteiger charge is -2.47. The predicted octanol–water partition coefficient (Wildman–Crippen LogP) is 4.71. The van der Waals surface area contributed by atoms with Gasteiger partial charge in [0.1, 0.15) is 6.29 Å². The fourth-order valence-corrected chi connectivity index (χ4v) is 4.57. The number of rotatable bonds is 5. The molecule has 1 aromatic rings. The molecular weight excluding hydrogens is 312 g/mol. The molecule has 5 atom stereocenters. The molecule has 134 valence electrons. The molecule has 0 fully saturated rings. The Balaban J connectivity index is 2.09. The molecule has 0 saturated heterocycles. The van der Waals surface area contributed by atoms with Gasteiger partial charge in [-0.15, -0.1) is 0 Å². The number of benzene rings is 1. The average molecular weight is 340 g/mol. The van der Waals surface area contributed by atoms with E-state index in [0.717, 1.165) is 17.4 Å². The molecule has 0 radical (unpaired) electrons. The lowest BCUT2D eigenvalue weighted by Crippen LogP contribution is -2.43. The van der Waals surface area contributed by atoms with Crippen molar-refractivity contribution in [3.63, 3.8) is 0 Å². The van der Waals surface area contributed by atoms with Crippen LogP contribution in [0.25, 0.3) is 0 Å². The Hall–Kier alpha value is -1.87. The molecule has 0 unspecified atom stereocenters. The molecule has 25 heavy (non-hydrogen) atoms. The van der Waals surface area contributed by atoms with Crippen molar-refractivity contribution < 1.29 is 14.3 Å². The number of hydrogen-bond donors (Lipinski definition) is 0. The number of hydrogen-bond acceptors (Lipinski definition) is 3. The molecule has 0 N–H and O–H groups in total. The zero-order valence-corrected chi connectivity index (χ0v) is 15.5. The smallest absolute Gasteiger partial charge is 0.202 e. The monoisotopic (exact) mass is 340 g/mol. The SMILES string of the molecule is CCO[C@H]1OC=C2C=C(C=O)[C@@H](c3ccccc3)[C@H](C(C)C)[C@H]2[C@@H]1C. The molecule has 0 bridgehead atoms. The van der Waals surface area contributed by atoms with Gasteiger partial charge in [-0.2, -0.15) is 0 Å². The van der Waals surface area contributed by atoms with Gasteiger partial charge in [0.25, 0.3) is 0 Å². The molecule has 0 aromatic heterocycles. The molecule has 0 spiro atoms. The van der Waals surface area contributed by atoms with Gasteiger partial charge in [-0.05, 0) is 41.9 Å². The van der Waals surface area contributed by atoms with Crippen LogP contribution in [0, 0.1) is 23.7 Å². The van der Waals surface area contributed by atoms with Crippen LogP contribution in [-0.2, 0) is 14.3 Å². The van der Waals surface area contributed by atoms with Crippen molar-refractivity contribution in [3.8, 4) is 0 Å². The van der Waals surface area contributed by atoms with Gasteiger partial charge >= 0.3 is 0 Å². The third-order valence-electron chi connectivity index (χ3n) is 5.61. The maximum absolute atomic E-state index is 11.9. The Labute approximate surface area is 150 Å². The Morgan fingerprint density at radius 1 is 1.24 bits per heavy atom. The molecule has 3 rings (SSSR count). The summed E-state index contributed by atoms with van der Waals surface area (Å²) in [6.45, 7) is 9.34. The number of ether oxygens (including phenoxy) is 2. The second-order valence-electron chi connectivity index (χ2n) is 7.43. The number of fused-ring (bicyclic) bond motifs is 1. The van der Waals surface area contributed by atoms with Crippen molar-refractivity contribution >= 4 is 6.29 Å². The van der Waals surface area contributed by atoms with Gasteiger partial charge in [0.2, 0.25) is 6.29 Å². The third kappa shape index (κ3) is 3.30. The largest absolute Gasteiger partial charge is 0.472 e. The van der Waals surface area contributed by atoms with Crippen LogP contribution >= 0.6 is 0 Å². The Kier molecular flexibility index (Phi) is 5.43. The summed E-state index contributed by atoms with van der Waals surface area (Å²) in [5, 5.41) is 0. The summed E-state index contributed by atoms with van der Waals surface area (Å²) in [5.41, 5.74) is 3.18. The zero-order chi connectivity index (χ0) is 18.0. The van der Waals surface area contributed by atoms with Gasteiger partial charge < -0.3 is 9.47 Å². The fraction of sp³-hybridized carbons (Fsp3) is 0.500. The number of allylic oxidation sites excluding steroid dienone is 3. The third-order valence-corrected chi connectivity index (χ3v) is 5.61. The van der Waals surface area contributed by atoms with Crippen LogP contribution in [0.1, 0.15) is 39.2 Å². The van der Waals surface area contributed by atoms with Gasteiger partial charge in [0.15, 0.2) is 0 Å². The van der Waals surface area contributed by atoms with E-state index in [1.54, 1.807) is 0 Å². The molecule has 0 amide bonds. The van der Waals surface area contributed by atoms with Crippen LogP contribution in [0.15, 0.2) is 53.8 Å². The van der Waals surface area contributed by atoms with Gasteiger partial charge in [0.05, 0.1) is 6.26 Å². The Bertz CT molecular complexity index is 659. The Morgan fingerprint density at radius 2 is 1.96 bits per heavy atom. The van der Waals surface area contributed by atoms with Gasteiger partial charge in [-0.1, -0.05) is 51.1 Å². The number of aldehydes is 1. The maximum Gasteiger partial charge on any atom is 0.202 e. The standard InChI is InChI=1S/C22H28O3/c1-5-24-22-15(4)20-18(13-25-22)11-17(12-23)21(19(20)14(2)3)16-9-7-6-8-10-16/h6-15,19-22H,5H2,1-4H3/t15-,19+,20-,21+,22-/m0/s1. The molecular formula is C22H28O3. The first-order valence-corrected chi connectivity index (χ1v) is 9.27. The van der Waals surface area contributed by atoms with Crippen molar-refractivity contribution in [1.82, 2.24) is 0 Å². The fourth-order valence-electron chi connectivity index (χ4n) is 4.57. The summed E-state index contributed by atoms with van der Waals surface area (Å²) in [4.78, 5) is 11.9. The molecule has 1 aliphatic carbocycles. The van der Waals surface area contributed by atoms with E-state index in [-0.39, 0.29) is 18.1 Å². The summed E-state index contributed by atoms with van der Waals surface area (Å²) in [6.07, 6.45) is 4.64. The van der Waals surface area contributed by atoms with E-state index in [1.165, 1.54) is 5.56 Å². The van der Waals surface area contributed by atoms with E-state index in [0.29, 0.717) is 24.4 Å². The topological polar surface area (TPSA) is 35.5 Å². The molecule has 0 saturated carbocycles. The van der Waals surface area contributed by atoms with Crippen LogP contribution in [0.3, 0.4) is 0 Å². The van der Waals surface area contributed by atoms with E-state index < -0.39 is 0 Å². The molecule has 1 aromatic carbocycles. The van der Waals surface area contributed by atoms with E-state index in [2.05, 4.69) is 45.0 Å². The maximum atomic E-state index is 11.9. The Morgan fingerprint density at radius 3 is 2.56 bits per heavy atom. The highest BCUT2D eigenvalue weighted by Crippen LogP contribution is 2.51. The van der Waals surface area contributed by atoms with Gasteiger partial charge in [-0.25, -0.2) is 0 Å². The summed E-state index contributed by atoms with van der Waals surface area (Å²) in [6, 6.07) is 10.4. The van der Waals surface area contributed by atoms with Crippen molar-refractivity contribution in [1.29, 1.82) is 0 Å². The van der Waals surface area contributed by atoms with Crippen LogP contribution in [-0.4, -0.2) is 19.2 Å². The lowest BCUT2D eigenvalue weighted by molar-refractivity contribution is -0.158. The van der Waals surface area contributed by atoms with Crippen molar-refractivity contribution in [2.75, 3.05) is 6.61 Å². The quantitative estimate of drug-likeness (QED) is 0.728. The van der Waals surface area contributed by atoms with Crippen molar-refractivity contribution in [2.24, 2.45) is 23.7 Å². The average Bonchev–Trinajstić information content (AvgIpc) is 2.63. The number of carbonyl (C=O) groups is 1. The normalized spacial score (nSPS) is 31.6. The predicted molar refractivity (Wildman–Crippen MR) is 98.9 cm³/mol. The summed E-state index contributed by atoms with van der Waals surface area (Å²) in [5.74, 6) is 1.44. The molecule has 2 aliphatic rings. The van der Waals surface area contributed by atoms with Crippen LogP contribution < -0.4 is 0 Å². The summed E-state index contributed by atoms with van der Waals surface area (Å²) in [7, 11) is 0. The van der Waals surface area contributed by atoms with Crippen molar-refractivity contribution in [3.05, 3.63) is 59.4 Å². The summed E-state index contributed by atoms with van der Waals surface area (Å²) >= 11 is 0. The first kappa shape index (κ1) is 17.9. The van der Waals surface area contributed by atoms with E-state index >= 15 is 0 Å². The number of carbonyl (C=O) groups excluding carboxylic acids is 1. The minimum absolute atomic E-state index is 0.115. The second-order valence-corrected chi connectivity index (χ2v) is 7.43. The minimum atomic E-state index is -0.220. The van der Waals surface area contributed by atoms with E-state index in [9.17, 15) is 4.79 Å². The van der Waals surface area contributed by atoms with Gasteiger partial charge in [-0.3, -0.25) is 4.79 Å². The highest BCUT2D eigenvalue weighted by molar-refractivity contribution is 5.78. The second kappa shape index (κ2) is 7.57. The van der Waals surface area contributed by atoms with Crippen LogP contribution in [0.4, 0.5) is 0 Å². The molecule has 3 nitrogen and oxygen atoms in total. The molecule has 1 heterocycles. The minimum Gasteiger partial charge on any atom is -0.472 e. The zero-order valence-electron chi connectivity index (χ0n) is 15.5. The first-order valence-electron chi connectivity index (χ1n) is 9.27.